The van der Waals surface area contributed by atoms with E-state index < -0.39 is 15.8 Å². The summed E-state index contributed by atoms with van der Waals surface area (Å²) in [7, 11) is -2.55. The molecule has 0 saturated heterocycles. The van der Waals surface area contributed by atoms with Gasteiger partial charge in [-0.25, -0.2) is 17.2 Å². The fourth-order valence-corrected chi connectivity index (χ4v) is 5.61. The van der Waals surface area contributed by atoms with E-state index in [1.54, 1.807) is 24.5 Å². The van der Waals surface area contributed by atoms with Crippen molar-refractivity contribution in [3.63, 3.8) is 0 Å². The third-order valence-corrected chi connectivity index (χ3v) is 9.07. The lowest BCUT2D eigenvalue weighted by Gasteiger charge is -2.22. The summed E-state index contributed by atoms with van der Waals surface area (Å²) < 4.78 is 55.3. The average Bonchev–Trinajstić information content (AvgIpc) is 3.05. The fourth-order valence-electron chi connectivity index (χ4n) is 3.91. The Balaban J connectivity index is 0.000000223. The second-order valence-corrected chi connectivity index (χ2v) is 12.5. The third kappa shape index (κ3) is 7.31. The second kappa shape index (κ2) is 14.5. The number of benzene rings is 3. The Bertz CT molecular complexity index is 1830. The van der Waals surface area contributed by atoms with Crippen molar-refractivity contribution in [2.24, 2.45) is 0 Å². The minimum absolute atomic E-state index is 0.0802. The predicted octanol–water partition coefficient (Wildman–Crippen LogP) is 5.29. The molecule has 0 radical (unpaired) electrons. The van der Waals surface area contributed by atoms with Gasteiger partial charge < -0.3 is 0 Å². The Morgan fingerprint density at radius 1 is 0.705 bits per heavy atom. The largest absolute Gasteiger partial charge is 0.269 e. The number of anilines is 1. The molecule has 0 bridgehead atoms. The van der Waals surface area contributed by atoms with Gasteiger partial charge in [-0.1, -0.05) is 66.3 Å². The molecule has 0 N–H and O–H groups in total. The second-order valence-electron chi connectivity index (χ2n) is 8.97. The van der Waals surface area contributed by atoms with Crippen LogP contribution in [0.4, 0.5) is 14.5 Å². The number of aryl methyl sites for hydroxylation is 2. The van der Waals surface area contributed by atoms with Crippen LogP contribution in [0.1, 0.15) is 18.1 Å². The number of hydrogen-bond acceptors (Lipinski definition) is 12. The molecular weight excluding hydrogens is 629 g/mol. The van der Waals surface area contributed by atoms with Crippen LogP contribution in [-0.4, -0.2) is 68.8 Å². The van der Waals surface area contributed by atoms with Crippen LogP contribution in [0.15, 0.2) is 75.9 Å². The first-order valence-corrected chi connectivity index (χ1v) is 16.8. The number of sulfonamides is 1. The van der Waals surface area contributed by atoms with Crippen molar-refractivity contribution in [2.75, 3.05) is 23.9 Å². The van der Waals surface area contributed by atoms with E-state index in [2.05, 4.69) is 40.8 Å². The molecule has 0 aliphatic carbocycles. The van der Waals surface area contributed by atoms with E-state index in [4.69, 9.17) is 0 Å². The highest BCUT2D eigenvalue weighted by Gasteiger charge is 2.26. The van der Waals surface area contributed by atoms with E-state index in [0.29, 0.717) is 22.3 Å². The van der Waals surface area contributed by atoms with Crippen LogP contribution in [0.3, 0.4) is 0 Å². The highest BCUT2D eigenvalue weighted by atomic mass is 32.2. The summed E-state index contributed by atoms with van der Waals surface area (Å²) >= 11 is 2.59. The van der Waals surface area contributed by atoms with Crippen molar-refractivity contribution >= 4 is 39.2 Å². The molecule has 5 aromatic rings. The molecule has 0 atom stereocenters. The maximum atomic E-state index is 14.6. The molecule has 2 heterocycles. The predicted molar refractivity (Wildman–Crippen MR) is 166 cm³/mol. The van der Waals surface area contributed by atoms with E-state index in [9.17, 15) is 17.2 Å². The lowest BCUT2D eigenvalue weighted by atomic mass is 10.0. The molecule has 0 spiro atoms. The molecule has 44 heavy (non-hydrogen) atoms. The zero-order valence-electron chi connectivity index (χ0n) is 24.3. The zero-order chi connectivity index (χ0) is 31.9. The van der Waals surface area contributed by atoms with E-state index in [-0.39, 0.29) is 33.6 Å². The number of halogens is 2. The van der Waals surface area contributed by atoms with Gasteiger partial charge in [-0.3, -0.25) is 4.31 Å². The highest BCUT2D eigenvalue weighted by molar-refractivity contribution is 7.98. The van der Waals surface area contributed by atoms with Crippen molar-refractivity contribution in [3.8, 4) is 22.8 Å². The fraction of sp³-hybridized carbons (Fsp3) is 0.214. The van der Waals surface area contributed by atoms with Crippen molar-refractivity contribution in [3.05, 3.63) is 83.4 Å². The smallest absolute Gasteiger partial charge is 0.264 e. The van der Waals surface area contributed by atoms with E-state index in [1.165, 1.54) is 67.0 Å². The lowest BCUT2D eigenvalue weighted by Crippen LogP contribution is -2.27. The SMILES string of the molecule is CCc1cccc(F)c1-c1nnc(SC)nn1.CSc1nnc(-c2c(F)cccc2N(C)S(=O)(=O)c2ccc(C)cc2)nn1. The van der Waals surface area contributed by atoms with Crippen molar-refractivity contribution in [2.45, 2.75) is 35.5 Å². The van der Waals surface area contributed by atoms with Gasteiger partial charge in [-0.2, -0.15) is 0 Å². The number of rotatable bonds is 8. The number of nitrogens with zero attached hydrogens (tertiary/aromatic N) is 9. The molecule has 0 aliphatic rings. The summed E-state index contributed by atoms with van der Waals surface area (Å²) in [5.74, 6) is -0.867. The Labute approximate surface area is 262 Å². The topological polar surface area (TPSA) is 140 Å². The Kier molecular flexibility index (Phi) is 10.8. The first kappa shape index (κ1) is 32.8. The molecule has 0 unspecified atom stereocenters. The van der Waals surface area contributed by atoms with Gasteiger partial charge in [0, 0.05) is 7.05 Å². The molecule has 11 nitrogen and oxygen atoms in total. The molecule has 0 saturated carbocycles. The molecule has 0 aliphatic heterocycles. The summed E-state index contributed by atoms with van der Waals surface area (Å²) in [5, 5.41) is 31.8. The highest BCUT2D eigenvalue weighted by Crippen LogP contribution is 2.33. The van der Waals surface area contributed by atoms with Crippen molar-refractivity contribution in [1.29, 1.82) is 0 Å². The van der Waals surface area contributed by atoms with Crippen molar-refractivity contribution < 1.29 is 17.2 Å². The normalized spacial score (nSPS) is 11.1. The van der Waals surface area contributed by atoms with E-state index in [1.807, 2.05) is 26.2 Å². The van der Waals surface area contributed by atoms with Crippen LogP contribution < -0.4 is 4.31 Å². The van der Waals surface area contributed by atoms with Crippen LogP contribution in [0.2, 0.25) is 0 Å². The third-order valence-electron chi connectivity index (χ3n) is 6.22. The van der Waals surface area contributed by atoms with Crippen LogP contribution in [-0.2, 0) is 16.4 Å². The molecule has 2 aromatic heterocycles. The van der Waals surface area contributed by atoms with Gasteiger partial charge in [-0.05, 0) is 61.8 Å². The Morgan fingerprint density at radius 2 is 1.18 bits per heavy atom. The van der Waals surface area contributed by atoms with Crippen LogP contribution >= 0.6 is 23.5 Å². The maximum absolute atomic E-state index is 14.6. The number of hydrogen-bond donors (Lipinski definition) is 0. The quantitative estimate of drug-likeness (QED) is 0.201. The minimum Gasteiger partial charge on any atom is -0.269 e. The van der Waals surface area contributed by atoms with Crippen LogP contribution in [0, 0.1) is 18.6 Å². The van der Waals surface area contributed by atoms with Gasteiger partial charge in [-0.15, -0.1) is 40.8 Å². The first-order chi connectivity index (χ1) is 21.1. The molecule has 3 aromatic carbocycles. The standard InChI is InChI=1S/C17H16FN5O2S2.C11H11FN4S/c1-11-7-9-12(10-8-11)27(24,25)23(2)14-6-4-5-13(18)15(14)16-19-21-17(26-3)22-20-16;1-3-7-5-4-6-8(12)9(7)10-13-15-11(17-2)16-14-10/h4-10H,1-3H3;4-6H,3H2,1-2H3. The molecular formula is C28H27F2N9O2S3. The molecule has 0 amide bonds. The molecule has 228 valence electrons. The van der Waals surface area contributed by atoms with Crippen LogP contribution in [0.5, 0.6) is 0 Å². The Morgan fingerprint density at radius 3 is 1.68 bits per heavy atom. The molecule has 0 fully saturated rings. The monoisotopic (exact) mass is 655 g/mol. The van der Waals surface area contributed by atoms with Gasteiger partial charge >= 0.3 is 0 Å². The first-order valence-electron chi connectivity index (χ1n) is 13.0. The van der Waals surface area contributed by atoms with E-state index >= 15 is 0 Å². The summed E-state index contributed by atoms with van der Waals surface area (Å²) in [6, 6.07) is 15.4. The lowest BCUT2D eigenvalue weighted by molar-refractivity contribution is 0.594. The summed E-state index contributed by atoms with van der Waals surface area (Å²) in [5.41, 5.74) is 2.19. The minimum atomic E-state index is -3.90. The number of thioether (sulfide) groups is 2. The van der Waals surface area contributed by atoms with Crippen LogP contribution in [0.25, 0.3) is 22.8 Å². The van der Waals surface area contributed by atoms with Gasteiger partial charge in [0.15, 0.2) is 0 Å². The average molecular weight is 656 g/mol. The van der Waals surface area contributed by atoms with Gasteiger partial charge in [0.2, 0.25) is 22.0 Å². The summed E-state index contributed by atoms with van der Waals surface area (Å²) in [6.45, 7) is 3.82. The summed E-state index contributed by atoms with van der Waals surface area (Å²) in [4.78, 5) is 0.0979. The molecule has 5 rings (SSSR count). The maximum Gasteiger partial charge on any atom is 0.264 e. The van der Waals surface area contributed by atoms with E-state index in [0.717, 1.165) is 15.4 Å². The Hall–Kier alpha value is -4.15. The van der Waals surface area contributed by atoms with Gasteiger partial charge in [0.25, 0.3) is 10.0 Å². The zero-order valence-corrected chi connectivity index (χ0v) is 26.8. The van der Waals surface area contributed by atoms with Gasteiger partial charge in [0.05, 0.1) is 21.7 Å². The van der Waals surface area contributed by atoms with Crippen molar-refractivity contribution in [1.82, 2.24) is 40.8 Å². The molecule has 16 heteroatoms. The number of aromatic nitrogens is 8. The van der Waals surface area contributed by atoms with Gasteiger partial charge in [0.1, 0.15) is 11.6 Å². The summed E-state index contributed by atoms with van der Waals surface area (Å²) in [6.07, 6.45) is 4.30.